The number of benzene rings is 1. The Bertz CT molecular complexity index is 2440. The Morgan fingerprint density at radius 1 is 0.316 bits per heavy atom. The molecule has 2 aromatic rings. The van der Waals surface area contributed by atoms with Crippen LogP contribution in [0.2, 0.25) is 0 Å². The van der Waals surface area contributed by atoms with Crippen molar-refractivity contribution >= 4 is 22.4 Å². The number of carbonyl (C=O) groups is 1. The number of nitrogens with one attached hydrogen (secondary N) is 1. The standard InChI is InChI=1S/C37H76O.C32H66O.C29H60O.C20H25N3O.C8H18/c1-2-3-4-5-6-7-8-9-10-11-12-13-14-15-16-17-18-19-20-21-22-23-24-25-26-27-28-29-30-31-32-33-34-35-36-37-38;1-2-3-4-5-6-7-8-9-10-11-12-13-14-15-16-17-18-19-20-21-22-23-24-25-26-27-28-29-30-31-32-33;1-2-3-4-5-6-7-8-9-10-11-12-13-14-15-16-17-18-19-20-21-22-23-24-25-26-27-28-29-30;1-4-23(5-2)20(24)14-9-16-15-7-6-8-17-19(15)13(11-21-17)10-18(16)22(3)12-14;1-4-6-7-8(3)5-2/h38H,2-37H2,1H3;33H,2-32H2,1H3;30H,2-29H2,1H3;6-9,11,14,18,21H,4-5,10,12H2,1-3H3;8H,4-7H2,1-3H3/t;;;14-,18-;/m...1./s1. The van der Waals surface area contributed by atoms with Crippen molar-refractivity contribution in [3.63, 3.8) is 0 Å². The summed E-state index contributed by atoms with van der Waals surface area (Å²) in [5, 5.41) is 27.6. The maximum Gasteiger partial charge on any atom is 0.230 e. The average Bonchev–Trinajstić information content (AvgIpc) is 1.69. The normalized spacial score (nSPS) is 13.7. The van der Waals surface area contributed by atoms with Crippen LogP contribution in [-0.4, -0.2) is 88.6 Å². The number of hydrogen-bond donors (Lipinski definition) is 4. The number of amides is 1. The summed E-state index contributed by atoms with van der Waals surface area (Å²) in [5.74, 6) is 1.16. The number of carbonyl (C=O) groups excluding carboxylic acids is 1. The molecule has 788 valence electrons. The molecule has 7 nitrogen and oxygen atoms in total. The maximum atomic E-state index is 12.9. The Labute approximate surface area is 836 Å². The molecule has 0 saturated carbocycles. The van der Waals surface area contributed by atoms with E-state index in [0.29, 0.717) is 25.9 Å². The molecule has 2 aliphatic rings. The Hall–Kier alpha value is -2.19. The molecule has 1 aliphatic heterocycles. The molecule has 0 bridgehead atoms. The van der Waals surface area contributed by atoms with Crippen molar-refractivity contribution in [2.45, 2.75) is 684 Å². The van der Waals surface area contributed by atoms with Gasteiger partial charge in [0.25, 0.3) is 0 Å². The predicted molar refractivity (Wildman–Crippen MR) is 600 cm³/mol. The highest BCUT2D eigenvalue weighted by atomic mass is 16.3. The summed E-state index contributed by atoms with van der Waals surface area (Å²) in [6, 6.07) is 6.82. The number of fused-ring (bicyclic) bond motifs is 2. The molecule has 7 heteroatoms. The number of aromatic amines is 1. The van der Waals surface area contributed by atoms with E-state index in [1.54, 1.807) is 0 Å². The first-order valence-corrected chi connectivity index (χ1v) is 61.8. The molecule has 0 spiro atoms. The predicted octanol–water partition coefficient (Wildman–Crippen LogP) is 42.0. The highest BCUT2D eigenvalue weighted by molar-refractivity contribution is 5.99. The zero-order valence-electron chi connectivity index (χ0n) is 92.6. The Morgan fingerprint density at radius 3 is 0.722 bits per heavy atom. The van der Waals surface area contributed by atoms with Gasteiger partial charge in [0.2, 0.25) is 5.91 Å². The number of H-pyrrole nitrogens is 1. The van der Waals surface area contributed by atoms with E-state index in [0.717, 1.165) is 51.2 Å². The maximum absolute atomic E-state index is 12.9. The van der Waals surface area contributed by atoms with E-state index >= 15 is 0 Å². The zero-order valence-corrected chi connectivity index (χ0v) is 92.6. The number of aliphatic hydroxyl groups is 3. The van der Waals surface area contributed by atoms with Gasteiger partial charge in [-0.25, -0.2) is 0 Å². The fourth-order valence-corrected chi connectivity index (χ4v) is 20.9. The lowest BCUT2D eigenvalue weighted by Gasteiger charge is -2.40. The van der Waals surface area contributed by atoms with Crippen LogP contribution in [0.3, 0.4) is 0 Å². The number of rotatable bonds is 99. The fraction of sp³-hybridized carbons (Fsp3) is 0.913. The van der Waals surface area contributed by atoms with Gasteiger partial charge in [0.1, 0.15) is 0 Å². The third-order valence-electron chi connectivity index (χ3n) is 30.4. The Balaban J connectivity index is 0.00000171. The molecule has 4 rings (SSSR count). The van der Waals surface area contributed by atoms with E-state index in [1.165, 1.54) is 625 Å². The molecule has 1 unspecified atom stereocenters. The fourth-order valence-electron chi connectivity index (χ4n) is 20.9. The minimum absolute atomic E-state index is 0.0445. The molecule has 0 radical (unpaired) electrons. The number of aromatic nitrogens is 1. The van der Waals surface area contributed by atoms with Gasteiger partial charge in [-0.15, -0.1) is 0 Å². The van der Waals surface area contributed by atoms with Gasteiger partial charge in [-0.1, -0.05) is 657 Å². The van der Waals surface area contributed by atoms with Gasteiger partial charge in [0.15, 0.2) is 0 Å². The average molecular weight is 1870 g/mol. The third-order valence-corrected chi connectivity index (χ3v) is 30.4. The van der Waals surface area contributed by atoms with E-state index in [9.17, 15) is 4.79 Å². The molecule has 2 heterocycles. The number of nitrogens with zero attached hydrogens (tertiary/aromatic N) is 2. The van der Waals surface area contributed by atoms with Gasteiger partial charge < -0.3 is 25.2 Å². The van der Waals surface area contributed by atoms with Crippen molar-refractivity contribution in [1.29, 1.82) is 0 Å². The quantitative estimate of drug-likeness (QED) is 0.0495. The zero-order chi connectivity index (χ0) is 96.4. The molecular formula is C126H245N3O4. The molecule has 0 saturated heterocycles. The van der Waals surface area contributed by atoms with E-state index in [4.69, 9.17) is 15.3 Å². The van der Waals surface area contributed by atoms with Crippen LogP contribution in [0.4, 0.5) is 0 Å². The van der Waals surface area contributed by atoms with Gasteiger partial charge >= 0.3 is 0 Å². The van der Waals surface area contributed by atoms with Crippen molar-refractivity contribution in [2.75, 3.05) is 46.5 Å². The van der Waals surface area contributed by atoms with Gasteiger partial charge in [-0.05, 0) is 75.3 Å². The van der Waals surface area contributed by atoms with Crippen LogP contribution in [0.25, 0.3) is 16.5 Å². The minimum atomic E-state index is -0.0445. The van der Waals surface area contributed by atoms with E-state index < -0.39 is 0 Å². The summed E-state index contributed by atoms with van der Waals surface area (Å²) in [6.45, 7) is 21.3. The van der Waals surface area contributed by atoms with Crippen molar-refractivity contribution in [3.8, 4) is 0 Å². The molecule has 1 amide bonds. The number of hydrogen-bond acceptors (Lipinski definition) is 5. The molecular weight excluding hydrogens is 1620 g/mol. The van der Waals surface area contributed by atoms with Crippen LogP contribution in [0.15, 0.2) is 30.5 Å². The summed E-state index contributed by atoms with van der Waals surface area (Å²) in [5.41, 5.74) is 5.21. The van der Waals surface area contributed by atoms with E-state index in [2.05, 4.69) is 103 Å². The number of likely N-dealkylation sites (N-methyl/N-ethyl adjacent to an activating group) is 1. The molecule has 133 heavy (non-hydrogen) atoms. The van der Waals surface area contributed by atoms with Crippen LogP contribution in [0.1, 0.15) is 683 Å². The molecule has 4 N–H and O–H groups in total. The van der Waals surface area contributed by atoms with Crippen molar-refractivity contribution in [3.05, 3.63) is 41.6 Å². The molecule has 0 fully saturated rings. The topological polar surface area (TPSA) is 100 Å². The molecule has 3 atom stereocenters. The van der Waals surface area contributed by atoms with Crippen LogP contribution in [0.5, 0.6) is 0 Å². The van der Waals surface area contributed by atoms with Crippen LogP contribution in [-0.2, 0) is 11.2 Å². The second-order valence-corrected chi connectivity index (χ2v) is 43.2. The third kappa shape index (κ3) is 88.5. The number of unbranched alkanes of at least 4 members (excludes halogenated alkanes) is 90. The first-order valence-electron chi connectivity index (χ1n) is 61.8. The Kier molecular flexibility index (Phi) is 108. The SMILES string of the molecule is CCCCC(C)CC.CCCCCCCCCCCCCCCCCCCCCCCCCCCCCCCCCCCCCO.CCCCCCCCCCCCCCCCCCCCCCCCCCCCCCCCO.CCCCCCCCCCCCCCCCCCCCCCCCCCCCCO.CCN(CC)C(=O)[C@@H]1C=C2c3cccc4[nH]cc(c34)C[C@H]2N(C)C1. The van der Waals surface area contributed by atoms with Crippen LogP contribution < -0.4 is 0 Å². The summed E-state index contributed by atoms with van der Waals surface area (Å²) in [6.07, 6.45) is 143. The monoisotopic (exact) mass is 1860 g/mol. The smallest absolute Gasteiger partial charge is 0.230 e. The second-order valence-electron chi connectivity index (χ2n) is 43.2. The summed E-state index contributed by atoms with van der Waals surface area (Å²) < 4.78 is 0. The van der Waals surface area contributed by atoms with Crippen molar-refractivity contribution < 1.29 is 20.1 Å². The van der Waals surface area contributed by atoms with Crippen LogP contribution >= 0.6 is 0 Å². The Morgan fingerprint density at radius 2 is 0.526 bits per heavy atom. The summed E-state index contributed by atoms with van der Waals surface area (Å²) >= 11 is 0. The highest BCUT2D eigenvalue weighted by Gasteiger charge is 2.36. The summed E-state index contributed by atoms with van der Waals surface area (Å²) in [7, 11) is 2.15. The lowest BCUT2D eigenvalue weighted by Crippen LogP contribution is -2.47. The van der Waals surface area contributed by atoms with Crippen molar-refractivity contribution in [1.82, 2.24) is 14.8 Å². The van der Waals surface area contributed by atoms with Gasteiger partial charge in [-0.2, -0.15) is 0 Å². The van der Waals surface area contributed by atoms with Gasteiger partial charge in [-0.3, -0.25) is 9.69 Å². The molecule has 1 aromatic heterocycles. The van der Waals surface area contributed by atoms with Gasteiger partial charge in [0, 0.05) is 62.6 Å². The van der Waals surface area contributed by atoms with Crippen LogP contribution in [0, 0.1) is 11.8 Å². The first kappa shape index (κ1) is 131. The number of aliphatic hydroxyl groups excluding tert-OH is 3. The lowest BCUT2D eigenvalue weighted by molar-refractivity contribution is -0.134. The largest absolute Gasteiger partial charge is 0.396 e. The molecule has 1 aliphatic carbocycles. The summed E-state index contributed by atoms with van der Waals surface area (Å²) in [4.78, 5) is 20.6. The first-order chi connectivity index (χ1) is 65.7. The van der Waals surface area contributed by atoms with E-state index in [-0.39, 0.29) is 11.8 Å². The molecule has 1 aromatic carbocycles. The van der Waals surface area contributed by atoms with E-state index in [1.807, 2.05) is 4.90 Å². The second kappa shape index (κ2) is 110. The minimum Gasteiger partial charge on any atom is -0.396 e. The van der Waals surface area contributed by atoms with Gasteiger partial charge in [0.05, 0.1) is 5.92 Å². The highest BCUT2D eigenvalue weighted by Crippen LogP contribution is 2.41. The lowest BCUT2D eigenvalue weighted by atomic mass is 9.79. The van der Waals surface area contributed by atoms with Crippen molar-refractivity contribution in [2.24, 2.45) is 11.8 Å².